The van der Waals surface area contributed by atoms with Gasteiger partial charge in [0.05, 0.1) is 5.69 Å². The molecule has 1 aliphatic rings. The first-order valence-corrected chi connectivity index (χ1v) is 6.06. The molecule has 1 amide bonds. The summed E-state index contributed by atoms with van der Waals surface area (Å²) in [7, 11) is 1.69. The first kappa shape index (κ1) is 11.9. The molecule has 0 radical (unpaired) electrons. The number of H-pyrrole nitrogens is 1. The van der Waals surface area contributed by atoms with Crippen molar-refractivity contribution in [1.29, 1.82) is 0 Å². The second kappa shape index (κ2) is 4.17. The quantitative estimate of drug-likeness (QED) is 0.822. The van der Waals surface area contributed by atoms with Gasteiger partial charge in [-0.3, -0.25) is 14.9 Å². The molecule has 0 aliphatic carbocycles. The van der Waals surface area contributed by atoms with E-state index in [2.05, 4.69) is 15.2 Å². The Morgan fingerprint density at radius 3 is 2.89 bits per heavy atom. The zero-order valence-electron chi connectivity index (χ0n) is 10.5. The molecule has 1 aliphatic heterocycles. The van der Waals surface area contributed by atoms with Gasteiger partial charge in [0.15, 0.2) is 5.60 Å². The molecule has 1 saturated heterocycles. The molecule has 0 aromatic carbocycles. The number of nitrogens with zero attached hydrogens (tertiary/aromatic N) is 3. The Balaban J connectivity index is 2.03. The number of likely N-dealkylation sites (tertiary alicyclic amines) is 1. The van der Waals surface area contributed by atoms with Crippen molar-refractivity contribution in [2.45, 2.75) is 12.0 Å². The number of likely N-dealkylation sites (N-methyl/N-ethyl adjacent to an activating group) is 1. The molecular formula is C13H14N4O2. The third kappa shape index (κ3) is 1.80. The van der Waals surface area contributed by atoms with Gasteiger partial charge in [0.25, 0.3) is 5.91 Å². The average molecular weight is 258 g/mol. The van der Waals surface area contributed by atoms with Crippen molar-refractivity contribution in [1.82, 2.24) is 20.1 Å². The largest absolute Gasteiger partial charge is 0.375 e. The van der Waals surface area contributed by atoms with Gasteiger partial charge in [-0.2, -0.15) is 5.10 Å². The van der Waals surface area contributed by atoms with E-state index in [4.69, 9.17) is 0 Å². The molecule has 0 spiro atoms. The maximum Gasteiger partial charge on any atom is 0.258 e. The van der Waals surface area contributed by atoms with E-state index in [1.165, 1.54) is 4.90 Å². The van der Waals surface area contributed by atoms with E-state index in [1.807, 2.05) is 0 Å². The first-order valence-electron chi connectivity index (χ1n) is 6.06. The topological polar surface area (TPSA) is 82.1 Å². The molecule has 19 heavy (non-hydrogen) atoms. The summed E-state index contributed by atoms with van der Waals surface area (Å²) in [5.41, 5.74) is 0.441. The van der Waals surface area contributed by atoms with Crippen molar-refractivity contribution in [2.75, 3.05) is 13.6 Å². The molecule has 0 bridgehead atoms. The lowest BCUT2D eigenvalue weighted by atomic mass is 9.92. The van der Waals surface area contributed by atoms with Crippen molar-refractivity contribution in [3.8, 4) is 11.4 Å². The van der Waals surface area contributed by atoms with Gasteiger partial charge in [-0.1, -0.05) is 0 Å². The lowest BCUT2D eigenvalue weighted by molar-refractivity contribution is -0.143. The highest BCUT2D eigenvalue weighted by molar-refractivity contribution is 5.88. The van der Waals surface area contributed by atoms with E-state index in [-0.39, 0.29) is 5.91 Å². The molecule has 0 saturated carbocycles. The van der Waals surface area contributed by atoms with Gasteiger partial charge in [-0.25, -0.2) is 0 Å². The van der Waals surface area contributed by atoms with Gasteiger partial charge in [0.2, 0.25) is 0 Å². The normalized spacial score (nSPS) is 23.1. The highest BCUT2D eigenvalue weighted by atomic mass is 16.3. The van der Waals surface area contributed by atoms with Crippen LogP contribution >= 0.6 is 0 Å². The Bertz CT molecular complexity index is 611. The number of amides is 1. The summed E-state index contributed by atoms with van der Waals surface area (Å²) in [6, 6.07) is 5.18. The van der Waals surface area contributed by atoms with Crippen LogP contribution in [0.25, 0.3) is 11.4 Å². The minimum Gasteiger partial charge on any atom is -0.375 e. The number of aromatic amines is 1. The number of hydrogen-bond donors (Lipinski definition) is 2. The fraction of sp³-hybridized carbons (Fsp3) is 0.308. The number of aromatic nitrogens is 3. The Labute approximate surface area is 110 Å². The van der Waals surface area contributed by atoms with Crippen LogP contribution in [0, 0.1) is 0 Å². The summed E-state index contributed by atoms with van der Waals surface area (Å²) in [6.45, 7) is 0.551. The summed E-state index contributed by atoms with van der Waals surface area (Å²) in [5.74, 6) is -0.272. The number of nitrogens with one attached hydrogen (secondary N) is 1. The second-order valence-corrected chi connectivity index (χ2v) is 4.73. The van der Waals surface area contributed by atoms with Crippen LogP contribution in [0.5, 0.6) is 0 Å². The first-order chi connectivity index (χ1) is 9.11. The molecule has 6 heteroatoms. The number of pyridine rings is 1. The summed E-state index contributed by atoms with van der Waals surface area (Å²) >= 11 is 0. The zero-order chi connectivity index (χ0) is 13.5. The Kier molecular flexibility index (Phi) is 2.60. The number of aliphatic hydroxyl groups is 1. The standard InChI is InChI=1S/C13H14N4O2/c1-17-7-4-13(19,12(17)18)9-2-5-14-11(8-9)10-3-6-15-16-10/h2-3,5-6,8,19H,4,7H2,1H3,(H,15,16)/t13-/m0/s1. The number of carbonyl (C=O) groups is 1. The van der Waals surface area contributed by atoms with Crippen molar-refractivity contribution in [2.24, 2.45) is 0 Å². The smallest absolute Gasteiger partial charge is 0.258 e. The monoisotopic (exact) mass is 258 g/mol. The predicted molar refractivity (Wildman–Crippen MR) is 68.0 cm³/mol. The summed E-state index contributed by atoms with van der Waals surface area (Å²) in [5, 5.41) is 17.3. The SMILES string of the molecule is CN1CC[C@](O)(c2ccnc(-c3cc[nH]n3)c2)C1=O. The van der Waals surface area contributed by atoms with Crippen molar-refractivity contribution >= 4 is 5.91 Å². The van der Waals surface area contributed by atoms with E-state index >= 15 is 0 Å². The lowest BCUT2D eigenvalue weighted by Crippen LogP contribution is -2.36. The Morgan fingerprint density at radius 2 is 2.26 bits per heavy atom. The van der Waals surface area contributed by atoms with E-state index in [1.54, 1.807) is 37.6 Å². The van der Waals surface area contributed by atoms with Crippen LogP contribution in [-0.2, 0) is 10.4 Å². The molecule has 3 rings (SSSR count). The molecule has 0 unspecified atom stereocenters. The van der Waals surface area contributed by atoms with Crippen LogP contribution in [0.2, 0.25) is 0 Å². The fourth-order valence-corrected chi connectivity index (χ4v) is 2.35. The molecule has 6 nitrogen and oxygen atoms in total. The minimum atomic E-state index is -1.44. The molecule has 2 aromatic rings. The maximum absolute atomic E-state index is 12.1. The van der Waals surface area contributed by atoms with Crippen molar-refractivity contribution in [3.63, 3.8) is 0 Å². The number of carbonyl (C=O) groups excluding carboxylic acids is 1. The number of rotatable bonds is 2. The average Bonchev–Trinajstić information content (AvgIpc) is 3.05. The predicted octanol–water partition coefficient (Wildman–Crippen LogP) is 0.521. The van der Waals surface area contributed by atoms with E-state index in [0.29, 0.717) is 29.9 Å². The highest BCUT2D eigenvalue weighted by Gasteiger charge is 2.45. The van der Waals surface area contributed by atoms with Crippen LogP contribution in [0.3, 0.4) is 0 Å². The van der Waals surface area contributed by atoms with Gasteiger partial charge in [-0.05, 0) is 23.8 Å². The molecule has 1 fully saturated rings. The third-order valence-electron chi connectivity index (χ3n) is 3.51. The second-order valence-electron chi connectivity index (χ2n) is 4.73. The van der Waals surface area contributed by atoms with Crippen LogP contribution < -0.4 is 0 Å². The van der Waals surface area contributed by atoms with Crippen molar-refractivity contribution in [3.05, 3.63) is 36.2 Å². The van der Waals surface area contributed by atoms with Crippen LogP contribution in [0.15, 0.2) is 30.6 Å². The molecule has 98 valence electrons. The van der Waals surface area contributed by atoms with E-state index in [9.17, 15) is 9.90 Å². The lowest BCUT2D eigenvalue weighted by Gasteiger charge is -2.21. The maximum atomic E-state index is 12.1. The van der Waals surface area contributed by atoms with Crippen LogP contribution in [0.4, 0.5) is 0 Å². The summed E-state index contributed by atoms with van der Waals surface area (Å²) in [6.07, 6.45) is 3.68. The van der Waals surface area contributed by atoms with Gasteiger partial charge in [0, 0.05) is 32.4 Å². The molecule has 1 atom stereocenters. The Hall–Kier alpha value is -2.21. The molecule has 2 N–H and O–H groups in total. The molecular weight excluding hydrogens is 244 g/mol. The molecule has 2 aromatic heterocycles. The van der Waals surface area contributed by atoms with Crippen LogP contribution in [-0.4, -0.2) is 44.7 Å². The molecule has 3 heterocycles. The third-order valence-corrected chi connectivity index (χ3v) is 3.51. The summed E-state index contributed by atoms with van der Waals surface area (Å²) in [4.78, 5) is 17.8. The van der Waals surface area contributed by atoms with Gasteiger partial charge in [0.1, 0.15) is 5.69 Å². The van der Waals surface area contributed by atoms with E-state index in [0.717, 1.165) is 0 Å². The van der Waals surface area contributed by atoms with Crippen molar-refractivity contribution < 1.29 is 9.90 Å². The minimum absolute atomic E-state index is 0.272. The van der Waals surface area contributed by atoms with Gasteiger partial charge in [-0.15, -0.1) is 0 Å². The van der Waals surface area contributed by atoms with Crippen LogP contribution in [0.1, 0.15) is 12.0 Å². The number of hydrogen-bond acceptors (Lipinski definition) is 4. The highest BCUT2D eigenvalue weighted by Crippen LogP contribution is 2.33. The summed E-state index contributed by atoms with van der Waals surface area (Å²) < 4.78 is 0. The van der Waals surface area contributed by atoms with Gasteiger partial charge >= 0.3 is 0 Å². The Morgan fingerprint density at radius 1 is 1.42 bits per heavy atom. The van der Waals surface area contributed by atoms with Gasteiger partial charge < -0.3 is 10.0 Å². The zero-order valence-corrected chi connectivity index (χ0v) is 10.5. The van der Waals surface area contributed by atoms with E-state index < -0.39 is 5.60 Å². The fourth-order valence-electron chi connectivity index (χ4n) is 2.35.